The van der Waals surface area contributed by atoms with Crippen molar-refractivity contribution in [2.24, 2.45) is 0 Å². The zero-order valence-electron chi connectivity index (χ0n) is 11.0. The number of carbonyl (C=O) groups excluding carboxylic acids is 1. The van der Waals surface area contributed by atoms with Crippen LogP contribution in [0, 0.1) is 0 Å². The fraction of sp³-hybridized carbons (Fsp3) is 0.417. The standard InChI is InChI=1S/C12H15N3O2S2/c1-8(2)15-11(9-5-4-6-18-9)13-14-12(15)19-7-10(16)17-3/h4-6,8H,7H2,1-3H3. The van der Waals surface area contributed by atoms with Crippen molar-refractivity contribution >= 4 is 29.1 Å². The van der Waals surface area contributed by atoms with Crippen LogP contribution in [0.15, 0.2) is 22.7 Å². The summed E-state index contributed by atoms with van der Waals surface area (Å²) in [5.41, 5.74) is 0. The van der Waals surface area contributed by atoms with Gasteiger partial charge in [0, 0.05) is 6.04 Å². The van der Waals surface area contributed by atoms with Crippen molar-refractivity contribution in [1.29, 1.82) is 0 Å². The summed E-state index contributed by atoms with van der Waals surface area (Å²) in [4.78, 5) is 12.3. The largest absolute Gasteiger partial charge is 0.468 e. The van der Waals surface area contributed by atoms with Crippen molar-refractivity contribution in [3.05, 3.63) is 17.5 Å². The lowest BCUT2D eigenvalue weighted by molar-refractivity contribution is -0.137. The van der Waals surface area contributed by atoms with E-state index in [2.05, 4.69) is 28.8 Å². The zero-order valence-corrected chi connectivity index (χ0v) is 12.6. The number of rotatable bonds is 5. The summed E-state index contributed by atoms with van der Waals surface area (Å²) in [6.45, 7) is 4.14. The van der Waals surface area contributed by atoms with Crippen LogP contribution in [-0.2, 0) is 9.53 Å². The third-order valence-electron chi connectivity index (χ3n) is 2.47. The Labute approximate surface area is 120 Å². The van der Waals surface area contributed by atoms with Crippen molar-refractivity contribution in [1.82, 2.24) is 14.8 Å². The van der Waals surface area contributed by atoms with E-state index in [1.54, 1.807) is 11.3 Å². The molecule has 0 bridgehead atoms. The van der Waals surface area contributed by atoms with Crippen LogP contribution in [0.25, 0.3) is 10.7 Å². The number of nitrogens with zero attached hydrogens (tertiary/aromatic N) is 3. The van der Waals surface area contributed by atoms with E-state index in [-0.39, 0.29) is 17.8 Å². The Morgan fingerprint density at radius 2 is 2.32 bits per heavy atom. The van der Waals surface area contributed by atoms with Gasteiger partial charge >= 0.3 is 5.97 Å². The van der Waals surface area contributed by atoms with Gasteiger partial charge in [0.05, 0.1) is 17.7 Å². The van der Waals surface area contributed by atoms with Crippen molar-refractivity contribution in [3.63, 3.8) is 0 Å². The molecule has 0 atom stereocenters. The maximum Gasteiger partial charge on any atom is 0.316 e. The molecule has 0 aliphatic heterocycles. The number of methoxy groups -OCH3 is 1. The normalized spacial score (nSPS) is 10.9. The van der Waals surface area contributed by atoms with E-state index in [9.17, 15) is 4.79 Å². The monoisotopic (exact) mass is 297 g/mol. The molecular formula is C12H15N3O2S2. The second-order valence-electron chi connectivity index (χ2n) is 4.11. The molecule has 0 saturated heterocycles. The number of carbonyl (C=O) groups is 1. The van der Waals surface area contributed by atoms with Gasteiger partial charge in [-0.15, -0.1) is 21.5 Å². The molecule has 0 fully saturated rings. The lowest BCUT2D eigenvalue weighted by Gasteiger charge is -2.12. The Bertz CT molecular complexity index is 549. The molecule has 2 heterocycles. The van der Waals surface area contributed by atoms with E-state index < -0.39 is 0 Å². The highest BCUT2D eigenvalue weighted by atomic mass is 32.2. The average molecular weight is 297 g/mol. The van der Waals surface area contributed by atoms with Gasteiger partial charge in [-0.3, -0.25) is 9.36 Å². The van der Waals surface area contributed by atoms with E-state index in [4.69, 9.17) is 0 Å². The molecular weight excluding hydrogens is 282 g/mol. The summed E-state index contributed by atoms with van der Waals surface area (Å²) in [6, 6.07) is 4.23. The molecule has 102 valence electrons. The molecule has 7 heteroatoms. The first kappa shape index (κ1) is 14.1. The van der Waals surface area contributed by atoms with Crippen LogP contribution < -0.4 is 0 Å². The Hall–Kier alpha value is -1.34. The molecule has 19 heavy (non-hydrogen) atoms. The number of esters is 1. The molecule has 0 spiro atoms. The lowest BCUT2D eigenvalue weighted by Crippen LogP contribution is -2.08. The van der Waals surface area contributed by atoms with Gasteiger partial charge in [0.2, 0.25) is 0 Å². The minimum atomic E-state index is -0.263. The van der Waals surface area contributed by atoms with Crippen molar-refractivity contribution < 1.29 is 9.53 Å². The summed E-state index contributed by atoms with van der Waals surface area (Å²) >= 11 is 2.97. The third kappa shape index (κ3) is 3.16. The summed E-state index contributed by atoms with van der Waals surface area (Å²) in [6.07, 6.45) is 0. The maximum absolute atomic E-state index is 11.2. The molecule has 0 N–H and O–H groups in total. The Balaban J connectivity index is 2.27. The summed E-state index contributed by atoms with van der Waals surface area (Å²) in [5.74, 6) is 0.824. The summed E-state index contributed by atoms with van der Waals surface area (Å²) in [5, 5.41) is 11.2. The van der Waals surface area contributed by atoms with Crippen LogP contribution in [0.4, 0.5) is 0 Å². The molecule has 2 rings (SSSR count). The lowest BCUT2D eigenvalue weighted by atomic mass is 10.3. The fourth-order valence-electron chi connectivity index (χ4n) is 1.60. The van der Waals surface area contributed by atoms with Gasteiger partial charge in [0.1, 0.15) is 0 Å². The smallest absolute Gasteiger partial charge is 0.316 e. The van der Waals surface area contributed by atoms with Crippen LogP contribution in [0.1, 0.15) is 19.9 Å². The quantitative estimate of drug-likeness (QED) is 0.627. The molecule has 2 aromatic heterocycles. The van der Waals surface area contributed by atoms with E-state index in [0.717, 1.165) is 15.9 Å². The average Bonchev–Trinajstić information content (AvgIpc) is 3.03. The first-order chi connectivity index (χ1) is 9.13. The predicted molar refractivity (Wildman–Crippen MR) is 76.5 cm³/mol. The van der Waals surface area contributed by atoms with Gasteiger partial charge in [0.25, 0.3) is 0 Å². The Morgan fingerprint density at radius 3 is 2.89 bits per heavy atom. The number of aromatic nitrogens is 3. The Kier molecular flexibility index (Phi) is 4.60. The molecule has 0 radical (unpaired) electrons. The van der Waals surface area contributed by atoms with Crippen molar-refractivity contribution in [2.45, 2.75) is 25.0 Å². The molecule has 0 aromatic carbocycles. The molecule has 0 saturated carbocycles. The molecule has 0 aliphatic rings. The first-order valence-corrected chi connectivity index (χ1v) is 7.68. The predicted octanol–water partition coefficient (Wildman–Crippen LogP) is 2.85. The van der Waals surface area contributed by atoms with Gasteiger partial charge in [-0.2, -0.15) is 0 Å². The molecule has 5 nitrogen and oxygen atoms in total. The van der Waals surface area contributed by atoms with Gasteiger partial charge < -0.3 is 4.74 Å². The van der Waals surface area contributed by atoms with E-state index in [0.29, 0.717) is 0 Å². The van der Waals surface area contributed by atoms with Gasteiger partial charge in [-0.25, -0.2) is 0 Å². The third-order valence-corrected chi connectivity index (χ3v) is 4.25. The van der Waals surface area contributed by atoms with Crippen LogP contribution in [-0.4, -0.2) is 33.6 Å². The summed E-state index contributed by atoms with van der Waals surface area (Å²) < 4.78 is 6.68. The van der Waals surface area contributed by atoms with E-state index in [1.165, 1.54) is 18.9 Å². The van der Waals surface area contributed by atoms with Gasteiger partial charge in [-0.05, 0) is 25.3 Å². The van der Waals surface area contributed by atoms with Crippen molar-refractivity contribution in [2.75, 3.05) is 12.9 Å². The number of hydrogen-bond donors (Lipinski definition) is 0. The van der Waals surface area contributed by atoms with Gasteiger partial charge in [0.15, 0.2) is 11.0 Å². The Morgan fingerprint density at radius 1 is 1.53 bits per heavy atom. The van der Waals surface area contributed by atoms with Crippen molar-refractivity contribution in [3.8, 4) is 10.7 Å². The van der Waals surface area contributed by atoms with Gasteiger partial charge in [-0.1, -0.05) is 17.8 Å². The highest BCUT2D eigenvalue weighted by Crippen LogP contribution is 2.30. The van der Waals surface area contributed by atoms with Crippen LogP contribution in [0.5, 0.6) is 0 Å². The molecule has 2 aromatic rings. The topological polar surface area (TPSA) is 57.0 Å². The second-order valence-corrected chi connectivity index (χ2v) is 6.00. The maximum atomic E-state index is 11.2. The zero-order chi connectivity index (χ0) is 13.8. The van der Waals surface area contributed by atoms with Crippen LogP contribution in [0.2, 0.25) is 0 Å². The number of thioether (sulfide) groups is 1. The molecule has 0 aliphatic carbocycles. The highest BCUT2D eigenvalue weighted by Gasteiger charge is 2.18. The number of thiophene rings is 1. The fourth-order valence-corrected chi connectivity index (χ4v) is 3.20. The minimum absolute atomic E-state index is 0.229. The minimum Gasteiger partial charge on any atom is -0.468 e. The second kappa shape index (κ2) is 6.21. The number of ether oxygens (including phenoxy) is 1. The van der Waals surface area contributed by atoms with Crippen LogP contribution in [0.3, 0.4) is 0 Å². The highest BCUT2D eigenvalue weighted by molar-refractivity contribution is 7.99. The molecule has 0 unspecified atom stereocenters. The molecule has 0 amide bonds. The van der Waals surface area contributed by atoms with E-state index >= 15 is 0 Å². The summed E-state index contributed by atoms with van der Waals surface area (Å²) in [7, 11) is 1.38. The van der Waals surface area contributed by atoms with Crippen LogP contribution >= 0.6 is 23.1 Å². The number of hydrogen-bond acceptors (Lipinski definition) is 6. The van der Waals surface area contributed by atoms with E-state index in [1.807, 2.05) is 22.1 Å². The SMILES string of the molecule is COC(=O)CSc1nnc(-c2cccs2)n1C(C)C. The first-order valence-electron chi connectivity index (χ1n) is 5.82.